The van der Waals surface area contributed by atoms with E-state index in [1.807, 2.05) is 13.8 Å². The Morgan fingerprint density at radius 3 is 2.38 bits per heavy atom. The van der Waals surface area contributed by atoms with Gasteiger partial charge in [-0.3, -0.25) is 19.2 Å². The van der Waals surface area contributed by atoms with Crippen LogP contribution in [0.25, 0.3) is 0 Å². The van der Waals surface area contributed by atoms with Crippen LogP contribution >= 0.6 is 0 Å². The summed E-state index contributed by atoms with van der Waals surface area (Å²) < 4.78 is 0. The molecule has 0 radical (unpaired) electrons. The van der Waals surface area contributed by atoms with Crippen LogP contribution in [0.2, 0.25) is 0 Å². The maximum atomic E-state index is 12.6. The van der Waals surface area contributed by atoms with E-state index < -0.39 is 54.3 Å². The molecule has 4 atom stereocenters. The highest BCUT2D eigenvalue weighted by Crippen LogP contribution is 2.07. The quantitative estimate of drug-likeness (QED) is 0.163. The monoisotopic (exact) mass is 453 g/mol. The number of nitrogens with one attached hydrogen (secondary N) is 4. The van der Waals surface area contributed by atoms with E-state index in [1.54, 1.807) is 0 Å². The Kier molecular flexibility index (Phi) is 10.8. The molecule has 1 aromatic rings. The fourth-order valence-electron chi connectivity index (χ4n) is 2.69. The SMILES string of the molecule is CCC(C)C(N)C(=O)NC(Cc1cnc[nH]1)C(=O)NCC(=O)NC(CCC(N)=O)C(=O)O. The molecular weight excluding hydrogens is 422 g/mol. The Labute approximate surface area is 185 Å². The molecule has 0 aliphatic carbocycles. The number of H-pyrrole nitrogens is 1. The highest BCUT2D eigenvalue weighted by Gasteiger charge is 2.27. The Balaban J connectivity index is 2.74. The van der Waals surface area contributed by atoms with Gasteiger partial charge in [0.25, 0.3) is 0 Å². The second-order valence-corrected chi connectivity index (χ2v) is 7.43. The fourth-order valence-corrected chi connectivity index (χ4v) is 2.69. The molecule has 0 spiro atoms. The molecule has 0 saturated heterocycles. The number of nitrogens with two attached hydrogens (primary N) is 2. The number of aliphatic carboxylic acids is 1. The number of carboxylic acids is 1. The van der Waals surface area contributed by atoms with Crippen LogP contribution in [0.5, 0.6) is 0 Å². The standard InChI is InChI=1S/C19H31N7O6/c1-3-10(2)16(21)18(30)26-13(6-11-7-22-9-24-11)17(29)23-8-15(28)25-12(19(31)32)4-5-14(20)27/h7,9-10,12-13,16H,3-6,8,21H2,1-2H3,(H2,20,27)(H,22,24)(H,23,29)(H,25,28)(H,26,30)(H,31,32). The highest BCUT2D eigenvalue weighted by molar-refractivity contribution is 5.92. The third-order valence-corrected chi connectivity index (χ3v) is 4.91. The molecular formula is C19H31N7O6. The zero-order valence-electron chi connectivity index (χ0n) is 18.1. The summed E-state index contributed by atoms with van der Waals surface area (Å²) in [6, 6.07) is -3.20. The summed E-state index contributed by atoms with van der Waals surface area (Å²) in [5, 5.41) is 16.3. The zero-order chi connectivity index (χ0) is 24.3. The lowest BCUT2D eigenvalue weighted by Gasteiger charge is -2.23. The molecule has 0 fully saturated rings. The van der Waals surface area contributed by atoms with E-state index in [-0.39, 0.29) is 25.2 Å². The number of nitrogens with zero attached hydrogens (tertiary/aromatic N) is 1. The zero-order valence-corrected chi connectivity index (χ0v) is 18.1. The van der Waals surface area contributed by atoms with Crippen molar-refractivity contribution in [2.75, 3.05) is 6.54 Å². The lowest BCUT2D eigenvalue weighted by Crippen LogP contribution is -2.55. The van der Waals surface area contributed by atoms with Crippen molar-refractivity contribution in [2.24, 2.45) is 17.4 Å². The fraction of sp³-hybridized carbons (Fsp3) is 0.579. The van der Waals surface area contributed by atoms with E-state index in [9.17, 15) is 24.0 Å². The first-order chi connectivity index (χ1) is 15.0. The third-order valence-electron chi connectivity index (χ3n) is 4.91. The number of aromatic amines is 1. The summed E-state index contributed by atoms with van der Waals surface area (Å²) in [6.45, 7) is 3.17. The van der Waals surface area contributed by atoms with Crippen LogP contribution in [-0.2, 0) is 30.4 Å². The van der Waals surface area contributed by atoms with Gasteiger partial charge in [-0.15, -0.1) is 0 Å². The van der Waals surface area contributed by atoms with Gasteiger partial charge in [0, 0.05) is 24.7 Å². The van der Waals surface area contributed by atoms with Crippen molar-refractivity contribution in [3.8, 4) is 0 Å². The van der Waals surface area contributed by atoms with Crippen LogP contribution in [0.1, 0.15) is 38.8 Å². The smallest absolute Gasteiger partial charge is 0.326 e. The number of carboxylic acid groups (broad SMARTS) is 1. The van der Waals surface area contributed by atoms with Crippen LogP contribution in [-0.4, -0.2) is 69.3 Å². The van der Waals surface area contributed by atoms with Gasteiger partial charge in [-0.2, -0.15) is 0 Å². The predicted octanol–water partition coefficient (Wildman–Crippen LogP) is -2.24. The molecule has 1 aromatic heterocycles. The molecule has 1 heterocycles. The number of imidazole rings is 1. The average Bonchev–Trinajstić information content (AvgIpc) is 3.25. The minimum Gasteiger partial charge on any atom is -0.480 e. The Morgan fingerprint density at radius 2 is 1.84 bits per heavy atom. The molecule has 13 nitrogen and oxygen atoms in total. The summed E-state index contributed by atoms with van der Waals surface area (Å²) >= 11 is 0. The number of hydrogen-bond donors (Lipinski definition) is 7. The van der Waals surface area contributed by atoms with E-state index in [4.69, 9.17) is 16.6 Å². The predicted molar refractivity (Wildman–Crippen MR) is 113 cm³/mol. The van der Waals surface area contributed by atoms with E-state index in [0.717, 1.165) is 0 Å². The van der Waals surface area contributed by atoms with E-state index in [1.165, 1.54) is 12.5 Å². The molecule has 0 aliphatic rings. The minimum atomic E-state index is -1.34. The third kappa shape index (κ3) is 9.12. The van der Waals surface area contributed by atoms with E-state index in [0.29, 0.717) is 12.1 Å². The van der Waals surface area contributed by atoms with Gasteiger partial charge in [-0.25, -0.2) is 9.78 Å². The van der Waals surface area contributed by atoms with E-state index >= 15 is 0 Å². The maximum Gasteiger partial charge on any atom is 0.326 e. The molecule has 0 saturated carbocycles. The number of hydrogen-bond acceptors (Lipinski definition) is 7. The largest absolute Gasteiger partial charge is 0.480 e. The normalized spacial score (nSPS) is 14.5. The van der Waals surface area contributed by atoms with Crippen molar-refractivity contribution >= 4 is 29.6 Å². The lowest BCUT2D eigenvalue weighted by atomic mass is 9.99. The van der Waals surface area contributed by atoms with Crippen molar-refractivity contribution in [2.45, 2.75) is 57.7 Å². The summed E-state index contributed by atoms with van der Waals surface area (Å²) in [7, 11) is 0. The topological polar surface area (TPSA) is 222 Å². The number of carbonyl (C=O) groups excluding carboxylic acids is 4. The van der Waals surface area contributed by atoms with E-state index in [2.05, 4.69) is 25.9 Å². The van der Waals surface area contributed by atoms with Crippen LogP contribution in [0.4, 0.5) is 0 Å². The van der Waals surface area contributed by atoms with Gasteiger partial charge in [-0.05, 0) is 12.3 Å². The summed E-state index contributed by atoms with van der Waals surface area (Å²) in [4.78, 5) is 65.9. The summed E-state index contributed by atoms with van der Waals surface area (Å²) in [5.74, 6) is -4.10. The summed E-state index contributed by atoms with van der Waals surface area (Å²) in [5.41, 5.74) is 11.5. The second kappa shape index (κ2) is 13.0. The van der Waals surface area contributed by atoms with Gasteiger partial charge in [0.1, 0.15) is 12.1 Å². The van der Waals surface area contributed by atoms with Crippen molar-refractivity contribution in [3.63, 3.8) is 0 Å². The van der Waals surface area contributed by atoms with Gasteiger partial charge >= 0.3 is 5.97 Å². The van der Waals surface area contributed by atoms with Crippen LogP contribution in [0.15, 0.2) is 12.5 Å². The summed E-state index contributed by atoms with van der Waals surface area (Å²) in [6.07, 6.45) is 3.25. The van der Waals surface area contributed by atoms with Crippen molar-refractivity contribution < 1.29 is 29.1 Å². The number of rotatable bonds is 14. The van der Waals surface area contributed by atoms with Crippen molar-refractivity contribution in [3.05, 3.63) is 18.2 Å². The number of aromatic nitrogens is 2. The van der Waals surface area contributed by atoms with Gasteiger partial charge in [0.2, 0.25) is 23.6 Å². The number of amides is 4. The van der Waals surface area contributed by atoms with Gasteiger partial charge in [-0.1, -0.05) is 20.3 Å². The average molecular weight is 454 g/mol. The first-order valence-corrected chi connectivity index (χ1v) is 10.2. The molecule has 0 bridgehead atoms. The van der Waals surface area contributed by atoms with Gasteiger partial charge in [0.15, 0.2) is 0 Å². The molecule has 0 aliphatic heterocycles. The lowest BCUT2D eigenvalue weighted by molar-refractivity contribution is -0.142. The second-order valence-electron chi connectivity index (χ2n) is 7.43. The molecule has 4 amide bonds. The molecule has 9 N–H and O–H groups in total. The van der Waals surface area contributed by atoms with Crippen LogP contribution < -0.4 is 27.4 Å². The Hall–Kier alpha value is -3.48. The first kappa shape index (κ1) is 26.6. The van der Waals surface area contributed by atoms with Crippen LogP contribution in [0.3, 0.4) is 0 Å². The number of primary amides is 1. The molecule has 178 valence electrons. The molecule has 32 heavy (non-hydrogen) atoms. The van der Waals surface area contributed by atoms with Gasteiger partial charge < -0.3 is 37.5 Å². The highest BCUT2D eigenvalue weighted by atomic mass is 16.4. The Bertz CT molecular complexity index is 798. The molecule has 4 unspecified atom stereocenters. The van der Waals surface area contributed by atoms with Crippen molar-refractivity contribution in [1.82, 2.24) is 25.9 Å². The Morgan fingerprint density at radius 1 is 1.16 bits per heavy atom. The molecule has 13 heteroatoms. The molecule has 1 rings (SSSR count). The van der Waals surface area contributed by atoms with Gasteiger partial charge in [0.05, 0.1) is 18.9 Å². The first-order valence-electron chi connectivity index (χ1n) is 10.2. The number of carbonyl (C=O) groups is 5. The van der Waals surface area contributed by atoms with Crippen molar-refractivity contribution in [1.29, 1.82) is 0 Å². The minimum absolute atomic E-state index is 0.0722. The maximum absolute atomic E-state index is 12.6. The molecule has 0 aromatic carbocycles. The van der Waals surface area contributed by atoms with Crippen LogP contribution in [0, 0.1) is 5.92 Å².